The van der Waals surface area contributed by atoms with Gasteiger partial charge in [-0.2, -0.15) is 25.3 Å². The second-order valence-corrected chi connectivity index (χ2v) is 9.59. The maximum Gasteiger partial charge on any atom is 0.297 e. The molecule has 0 aliphatic carbocycles. The van der Waals surface area contributed by atoms with Crippen molar-refractivity contribution in [3.63, 3.8) is 0 Å². The summed E-state index contributed by atoms with van der Waals surface area (Å²) in [5, 5.41) is 0. The molecule has 0 amide bonds. The van der Waals surface area contributed by atoms with Gasteiger partial charge in [-0.25, -0.2) is 0 Å². The number of hydrogen-bond donors (Lipinski definition) is 7. The minimum Gasteiger partial charge on any atom is -0.398 e. The summed E-state index contributed by atoms with van der Waals surface area (Å²) in [5.41, 5.74) is 18.1. The number of hydrogen-bond acceptors (Lipinski definition) is 10. The van der Waals surface area contributed by atoms with Crippen molar-refractivity contribution >= 4 is 53.1 Å². The molecule has 2 aromatic carbocycles. The summed E-state index contributed by atoms with van der Waals surface area (Å²) in [6.07, 6.45) is 0. The van der Waals surface area contributed by atoms with E-state index in [2.05, 4.69) is 0 Å². The van der Waals surface area contributed by atoms with Gasteiger partial charge in [-0.15, -0.1) is 0 Å². The van der Waals surface area contributed by atoms with Gasteiger partial charge in [-0.05, 0) is 18.2 Å². The molecular weight excluding hydrogens is 440 g/mol. The van der Waals surface area contributed by atoms with E-state index in [9.17, 15) is 38.9 Å². The highest BCUT2D eigenvalue weighted by atomic mass is 32.2. The average Bonchev–Trinajstić information content (AvgIpc) is 2.48. The lowest BCUT2D eigenvalue weighted by Gasteiger charge is -2.19. The van der Waals surface area contributed by atoms with Crippen LogP contribution in [0.2, 0.25) is 0 Å². The molecule has 2 rings (SSSR count). The lowest BCUT2D eigenvalue weighted by atomic mass is 10.00. The molecule has 16 heteroatoms. The number of benzene rings is 2. The van der Waals surface area contributed by atoms with E-state index in [1.54, 1.807) is 0 Å². The molecule has 0 aliphatic heterocycles. The minimum atomic E-state index is -5.36. The molecule has 0 spiro atoms. The molecule has 0 aromatic heterocycles. The van der Waals surface area contributed by atoms with Crippen LogP contribution in [0, 0.1) is 0 Å². The first-order chi connectivity index (χ1) is 12.5. The van der Waals surface area contributed by atoms with Gasteiger partial charge in [0.05, 0.1) is 17.1 Å². The smallest absolute Gasteiger partial charge is 0.297 e. The first-order valence-electron chi connectivity index (χ1n) is 6.80. The number of nitrogen functional groups attached to an aromatic ring is 4. The van der Waals surface area contributed by atoms with Crippen molar-refractivity contribution in [2.45, 2.75) is 14.7 Å². The number of nitrogens with two attached hydrogens (primary N) is 4. The Hall–Kier alpha value is -2.63. The second kappa shape index (κ2) is 6.47. The third-order valence-corrected chi connectivity index (χ3v) is 6.35. The van der Waals surface area contributed by atoms with Gasteiger partial charge in [0.25, 0.3) is 30.4 Å². The normalized spacial score (nSPS) is 12.8. The molecule has 0 saturated carbocycles. The Morgan fingerprint density at radius 3 is 1.54 bits per heavy atom. The molecular formula is C12H14N4O9S3. The summed E-state index contributed by atoms with van der Waals surface area (Å²) in [5.74, 6) is 0. The van der Waals surface area contributed by atoms with E-state index in [0.29, 0.717) is 6.07 Å². The fourth-order valence-corrected chi connectivity index (χ4v) is 4.79. The van der Waals surface area contributed by atoms with E-state index in [1.165, 1.54) is 0 Å². The van der Waals surface area contributed by atoms with Crippen LogP contribution in [0.3, 0.4) is 0 Å². The average molecular weight is 454 g/mol. The van der Waals surface area contributed by atoms with Gasteiger partial charge in [0.1, 0.15) is 14.7 Å². The highest BCUT2D eigenvalue weighted by Crippen LogP contribution is 2.46. The Bertz CT molecular complexity index is 1320. The second-order valence-electron chi connectivity index (χ2n) is 5.45. The van der Waals surface area contributed by atoms with E-state index >= 15 is 0 Å². The quantitative estimate of drug-likeness (QED) is 0.225. The topological polar surface area (TPSA) is 267 Å². The summed E-state index contributed by atoms with van der Waals surface area (Å²) in [6.45, 7) is 0. The zero-order valence-electron chi connectivity index (χ0n) is 13.6. The van der Waals surface area contributed by atoms with Crippen molar-refractivity contribution in [1.82, 2.24) is 0 Å². The van der Waals surface area contributed by atoms with Crippen molar-refractivity contribution in [3.8, 4) is 11.1 Å². The van der Waals surface area contributed by atoms with Gasteiger partial charge in [-0.1, -0.05) is 0 Å². The van der Waals surface area contributed by atoms with Crippen LogP contribution in [-0.2, 0) is 30.4 Å². The summed E-state index contributed by atoms with van der Waals surface area (Å²) in [6, 6.07) is 2.28. The molecule has 28 heavy (non-hydrogen) atoms. The highest BCUT2D eigenvalue weighted by molar-refractivity contribution is 7.87. The van der Waals surface area contributed by atoms with Crippen LogP contribution in [0.25, 0.3) is 11.1 Å². The van der Waals surface area contributed by atoms with Crippen LogP contribution in [0.5, 0.6) is 0 Å². The van der Waals surface area contributed by atoms with Crippen LogP contribution < -0.4 is 22.9 Å². The molecule has 0 heterocycles. The van der Waals surface area contributed by atoms with E-state index in [-0.39, 0.29) is 5.69 Å². The summed E-state index contributed by atoms with van der Waals surface area (Å²) in [4.78, 5) is -3.48. The lowest BCUT2D eigenvalue weighted by molar-refractivity contribution is 0.478. The molecule has 0 aliphatic rings. The van der Waals surface area contributed by atoms with Crippen molar-refractivity contribution in [1.29, 1.82) is 0 Å². The first kappa shape index (κ1) is 21.7. The number of rotatable bonds is 4. The Morgan fingerprint density at radius 1 is 0.607 bits per heavy atom. The van der Waals surface area contributed by atoms with Crippen LogP contribution in [0.15, 0.2) is 32.9 Å². The minimum absolute atomic E-state index is 0.263. The Kier molecular flexibility index (Phi) is 5.00. The number of anilines is 4. The predicted octanol–water partition coefficient (Wildman–Crippen LogP) is -0.577. The molecule has 11 N–H and O–H groups in total. The largest absolute Gasteiger partial charge is 0.398 e. The van der Waals surface area contributed by atoms with Gasteiger partial charge in [0.15, 0.2) is 0 Å². The summed E-state index contributed by atoms with van der Waals surface area (Å²) in [7, 11) is -15.5. The third-order valence-electron chi connectivity index (χ3n) is 3.62. The molecule has 0 radical (unpaired) electrons. The maximum atomic E-state index is 11.9. The first-order valence-corrected chi connectivity index (χ1v) is 11.1. The molecule has 0 unspecified atom stereocenters. The lowest BCUT2D eigenvalue weighted by Crippen LogP contribution is -2.15. The molecule has 2 aromatic rings. The highest BCUT2D eigenvalue weighted by Gasteiger charge is 2.33. The van der Waals surface area contributed by atoms with Gasteiger partial charge in [0.2, 0.25) is 0 Å². The standard InChI is InChI=1S/C12H14N4O9S3/c13-4-1-2-6(26(17,18)19)9(10(4)15)8-5(14)3-7(27(20,21)22)11(16)12(8)28(23,24)25/h1-3H,13-16H2,(H,17,18,19)(H,20,21,22)(H,23,24,25). The molecule has 0 bridgehead atoms. The van der Waals surface area contributed by atoms with E-state index < -0.39 is 73.2 Å². The van der Waals surface area contributed by atoms with E-state index in [4.69, 9.17) is 22.9 Å². The van der Waals surface area contributed by atoms with E-state index in [0.717, 1.165) is 12.1 Å². The zero-order valence-corrected chi connectivity index (χ0v) is 16.0. The van der Waals surface area contributed by atoms with E-state index in [1.807, 2.05) is 0 Å². The zero-order chi connectivity index (χ0) is 21.8. The maximum absolute atomic E-state index is 11.9. The van der Waals surface area contributed by atoms with Crippen LogP contribution in [0.1, 0.15) is 0 Å². The van der Waals surface area contributed by atoms with Crippen LogP contribution in [0.4, 0.5) is 22.7 Å². The Balaban J connectivity index is 3.27. The van der Waals surface area contributed by atoms with Gasteiger partial charge < -0.3 is 22.9 Å². The molecule has 154 valence electrons. The fraction of sp³-hybridized carbons (Fsp3) is 0. The van der Waals surface area contributed by atoms with Gasteiger partial charge in [-0.3, -0.25) is 13.7 Å². The van der Waals surface area contributed by atoms with Gasteiger partial charge >= 0.3 is 0 Å². The molecule has 0 saturated heterocycles. The van der Waals surface area contributed by atoms with Gasteiger partial charge in [0, 0.05) is 16.8 Å². The molecule has 0 atom stereocenters. The van der Waals surface area contributed by atoms with Crippen LogP contribution in [-0.4, -0.2) is 38.9 Å². The van der Waals surface area contributed by atoms with Crippen molar-refractivity contribution in [3.05, 3.63) is 18.2 Å². The Morgan fingerprint density at radius 2 is 1.11 bits per heavy atom. The summed E-state index contributed by atoms with van der Waals surface area (Å²) >= 11 is 0. The Labute approximate surface area is 159 Å². The SMILES string of the molecule is Nc1ccc(S(=O)(=O)O)c(-c2c(N)cc(S(=O)(=O)O)c(N)c2S(=O)(=O)O)c1N. The fourth-order valence-electron chi connectivity index (χ4n) is 2.50. The molecule has 13 nitrogen and oxygen atoms in total. The van der Waals surface area contributed by atoms with Crippen molar-refractivity contribution < 1.29 is 38.9 Å². The van der Waals surface area contributed by atoms with Crippen molar-refractivity contribution in [2.24, 2.45) is 0 Å². The summed E-state index contributed by atoms with van der Waals surface area (Å²) < 4.78 is 98.3. The predicted molar refractivity (Wildman–Crippen MR) is 99.0 cm³/mol. The third kappa shape index (κ3) is 3.68. The van der Waals surface area contributed by atoms with Crippen molar-refractivity contribution in [2.75, 3.05) is 22.9 Å². The van der Waals surface area contributed by atoms with Crippen LogP contribution >= 0.6 is 0 Å². The monoisotopic (exact) mass is 454 g/mol. The molecule has 0 fully saturated rings.